The van der Waals surface area contributed by atoms with Gasteiger partial charge in [-0.3, -0.25) is 0 Å². The number of rotatable bonds is 24. The first-order chi connectivity index (χ1) is 15.7. The normalized spacial score (nSPS) is 11.2. The molecule has 0 aliphatic carbocycles. The van der Waals surface area contributed by atoms with E-state index in [9.17, 15) is 0 Å². The summed E-state index contributed by atoms with van der Waals surface area (Å²) in [6.07, 6.45) is 34.5. The van der Waals surface area contributed by atoms with Crippen molar-refractivity contribution in [3.63, 3.8) is 0 Å². The summed E-state index contributed by atoms with van der Waals surface area (Å²) in [6, 6.07) is 0. The Morgan fingerprint density at radius 1 is 0.394 bits per heavy atom. The molecule has 0 unspecified atom stereocenters. The van der Waals surface area contributed by atoms with E-state index in [0.29, 0.717) is 0 Å². The van der Waals surface area contributed by atoms with Crippen LogP contribution in [0.5, 0.6) is 0 Å². The first-order valence-corrected chi connectivity index (χ1v) is 15.4. The molecule has 0 saturated heterocycles. The SMILES string of the molecule is CCCCCC#C[B-](CCCCCCCC)(CCCCCCCC)CCCCCCCC.[Li+]. The molecule has 0 aliphatic heterocycles. The van der Waals surface area contributed by atoms with Gasteiger partial charge in [0.25, 0.3) is 0 Å². The van der Waals surface area contributed by atoms with Gasteiger partial charge in [-0.25, -0.2) is 0 Å². The van der Waals surface area contributed by atoms with Crippen LogP contribution < -0.4 is 18.9 Å². The monoisotopic (exact) mass is 453 g/mol. The number of hydrogen-bond donors (Lipinski definition) is 0. The van der Waals surface area contributed by atoms with E-state index >= 15 is 0 Å². The molecule has 0 aliphatic rings. The molecule has 2 heteroatoms. The van der Waals surface area contributed by atoms with Crippen molar-refractivity contribution >= 4 is 6.15 Å². The Morgan fingerprint density at radius 3 is 1.06 bits per heavy atom. The van der Waals surface area contributed by atoms with Gasteiger partial charge in [-0.2, -0.15) is 24.9 Å². The van der Waals surface area contributed by atoms with Crippen LogP contribution in [0.2, 0.25) is 19.0 Å². The quantitative estimate of drug-likeness (QED) is 0.0781. The van der Waals surface area contributed by atoms with Crippen LogP contribution in [0.1, 0.15) is 169 Å². The van der Waals surface area contributed by atoms with E-state index in [1.165, 1.54) is 154 Å². The van der Waals surface area contributed by atoms with Crippen LogP contribution in [-0.2, 0) is 0 Å². The van der Waals surface area contributed by atoms with Gasteiger partial charge in [0.15, 0.2) is 0 Å². The van der Waals surface area contributed by atoms with E-state index in [1.54, 1.807) is 0 Å². The smallest absolute Gasteiger partial charge is 0.315 e. The average molecular weight is 453 g/mol. The Morgan fingerprint density at radius 2 is 0.697 bits per heavy atom. The van der Waals surface area contributed by atoms with Gasteiger partial charge in [-0.15, -0.1) is 0 Å². The zero-order valence-corrected chi connectivity index (χ0v) is 24.3. The number of unbranched alkanes of at least 4 members (excludes halogenated alkanes) is 18. The Bertz CT molecular complexity index is 382. The summed E-state index contributed by atoms with van der Waals surface area (Å²) < 4.78 is 0. The van der Waals surface area contributed by atoms with E-state index in [4.69, 9.17) is 0 Å². The fraction of sp³-hybridized carbons (Fsp3) is 0.935. The summed E-state index contributed by atoms with van der Waals surface area (Å²) in [7, 11) is 0. The van der Waals surface area contributed by atoms with Crippen molar-refractivity contribution in [1.82, 2.24) is 0 Å². The van der Waals surface area contributed by atoms with Gasteiger partial charge in [0, 0.05) is 6.42 Å². The van der Waals surface area contributed by atoms with Crippen molar-refractivity contribution in [1.29, 1.82) is 0 Å². The van der Waals surface area contributed by atoms with Crippen molar-refractivity contribution < 1.29 is 18.9 Å². The van der Waals surface area contributed by atoms with E-state index in [2.05, 4.69) is 39.4 Å². The van der Waals surface area contributed by atoms with E-state index in [1.807, 2.05) is 0 Å². The molecule has 0 radical (unpaired) electrons. The maximum atomic E-state index is 4.01. The minimum absolute atomic E-state index is 0. The molecule has 0 fully saturated rings. The molecule has 190 valence electrons. The Balaban J connectivity index is 0. The van der Waals surface area contributed by atoms with Crippen LogP contribution >= 0.6 is 0 Å². The van der Waals surface area contributed by atoms with Crippen LogP contribution in [0.4, 0.5) is 0 Å². The largest absolute Gasteiger partial charge is 1.00 e. The van der Waals surface area contributed by atoms with E-state index in [-0.39, 0.29) is 18.9 Å². The van der Waals surface area contributed by atoms with Gasteiger partial charge in [-0.1, -0.05) is 156 Å². The maximum Gasteiger partial charge on any atom is 1.00 e. The van der Waals surface area contributed by atoms with Crippen LogP contribution in [-0.4, -0.2) is 6.15 Å². The minimum atomic E-state index is -0.461. The first kappa shape index (κ1) is 35.4. The molecular weight excluding hydrogens is 390 g/mol. The third kappa shape index (κ3) is 23.7. The molecule has 0 aromatic heterocycles. The molecule has 0 atom stereocenters. The summed E-state index contributed by atoms with van der Waals surface area (Å²) in [5.41, 5.74) is 0. The van der Waals surface area contributed by atoms with Crippen molar-refractivity contribution in [3.05, 3.63) is 0 Å². The van der Waals surface area contributed by atoms with Gasteiger partial charge in [0.1, 0.15) is 0 Å². The predicted molar refractivity (Wildman–Crippen MR) is 152 cm³/mol. The zero-order chi connectivity index (χ0) is 23.6. The average Bonchev–Trinajstić information content (AvgIpc) is 2.80. The van der Waals surface area contributed by atoms with E-state index in [0.717, 1.165) is 6.42 Å². The molecule has 0 aromatic rings. The van der Waals surface area contributed by atoms with Crippen molar-refractivity contribution in [3.8, 4) is 11.7 Å². The summed E-state index contributed by atoms with van der Waals surface area (Å²) >= 11 is 0. The zero-order valence-electron chi connectivity index (χ0n) is 24.3. The Hall–Kier alpha value is 0.222. The van der Waals surface area contributed by atoms with Gasteiger partial charge < -0.3 is 5.82 Å². The molecule has 0 N–H and O–H groups in total. The molecule has 0 bridgehead atoms. The predicted octanol–water partition coefficient (Wildman–Crippen LogP) is 8.64. The molecule has 0 rings (SSSR count). The Kier molecular flexibility index (Phi) is 30.5. The molecule has 0 saturated carbocycles. The molecule has 0 aromatic carbocycles. The Labute approximate surface area is 224 Å². The van der Waals surface area contributed by atoms with Crippen LogP contribution in [0.3, 0.4) is 0 Å². The molecule has 0 spiro atoms. The minimum Gasteiger partial charge on any atom is -0.315 e. The van der Waals surface area contributed by atoms with Gasteiger partial charge in [0.05, 0.1) is 6.15 Å². The fourth-order valence-corrected chi connectivity index (χ4v) is 5.35. The third-order valence-corrected chi connectivity index (χ3v) is 7.64. The fourth-order valence-electron chi connectivity index (χ4n) is 5.35. The summed E-state index contributed by atoms with van der Waals surface area (Å²) in [4.78, 5) is 0. The molecule has 0 heterocycles. The molecular formula is C31H62BLi. The van der Waals surface area contributed by atoms with Crippen LogP contribution in [0.15, 0.2) is 0 Å². The standard InChI is InChI=1S/C31H62B.Li/c1-5-9-13-17-21-25-29-32(28-24-20-16-12-8-4,30-26-22-18-14-10-6-2)31-27-23-19-15-11-7-3;/h5-23,25-27,29-31H2,1-4H3;/q-1;+1. The summed E-state index contributed by atoms with van der Waals surface area (Å²) in [5, 5.41) is 0. The second-order valence-electron chi connectivity index (χ2n) is 10.9. The molecule has 0 nitrogen and oxygen atoms in total. The molecule has 33 heavy (non-hydrogen) atoms. The van der Waals surface area contributed by atoms with Crippen molar-refractivity contribution in [2.75, 3.05) is 0 Å². The second kappa shape index (κ2) is 28.5. The van der Waals surface area contributed by atoms with Gasteiger partial charge in [-0.05, 0) is 6.42 Å². The van der Waals surface area contributed by atoms with Gasteiger partial charge >= 0.3 is 18.9 Å². The topological polar surface area (TPSA) is 0 Å². The second-order valence-corrected chi connectivity index (χ2v) is 10.9. The van der Waals surface area contributed by atoms with Crippen LogP contribution in [0.25, 0.3) is 0 Å². The first-order valence-electron chi connectivity index (χ1n) is 15.4. The number of hydrogen-bond acceptors (Lipinski definition) is 0. The summed E-state index contributed by atoms with van der Waals surface area (Å²) in [5.74, 6) is 7.73. The summed E-state index contributed by atoms with van der Waals surface area (Å²) in [6.45, 7) is 9.27. The van der Waals surface area contributed by atoms with Gasteiger partial charge in [0.2, 0.25) is 0 Å². The van der Waals surface area contributed by atoms with Crippen molar-refractivity contribution in [2.24, 2.45) is 0 Å². The maximum absolute atomic E-state index is 4.01. The van der Waals surface area contributed by atoms with Crippen molar-refractivity contribution in [2.45, 2.75) is 188 Å². The molecule has 0 amide bonds. The van der Waals surface area contributed by atoms with E-state index < -0.39 is 6.15 Å². The third-order valence-electron chi connectivity index (χ3n) is 7.64. The van der Waals surface area contributed by atoms with Crippen LogP contribution in [0, 0.1) is 11.7 Å².